The molecular weight excluding hydrogens is 412 g/mol. The van der Waals surface area contributed by atoms with E-state index >= 15 is 0 Å². The third-order valence-corrected chi connectivity index (χ3v) is 6.77. The highest BCUT2D eigenvalue weighted by Gasteiger charge is 2.20. The first-order chi connectivity index (χ1) is 14.8. The van der Waals surface area contributed by atoms with Crippen LogP contribution in [0.15, 0.2) is 72.9 Å². The molecule has 0 unspecified atom stereocenters. The van der Waals surface area contributed by atoms with Crippen molar-refractivity contribution in [2.24, 2.45) is 0 Å². The van der Waals surface area contributed by atoms with Crippen molar-refractivity contribution in [1.29, 1.82) is 0 Å². The maximum Gasteiger partial charge on any atom is 0.352 e. The molecule has 2 heterocycles. The normalized spacial score (nSPS) is 11.6. The number of aromatic nitrogens is 2. The molecule has 0 saturated heterocycles. The highest BCUT2D eigenvalue weighted by molar-refractivity contribution is 7.90. The molecule has 4 rings (SSSR count). The van der Waals surface area contributed by atoms with Gasteiger partial charge in [-0.05, 0) is 30.7 Å². The van der Waals surface area contributed by atoms with E-state index in [0.717, 1.165) is 11.1 Å². The standard InChI is InChI=1S/C24H22N2O4S/c1-17-6-5-9-19(14-17)23-20-15-22(24(27)28)26(21(20)10-11-25-23)12-13-31(29,30)16-18-7-3-2-4-8-18/h2-11,14-15H,12-13,16H2,1H3,(H,27,28). The topological polar surface area (TPSA) is 89.3 Å². The van der Waals surface area contributed by atoms with Crippen LogP contribution in [0.25, 0.3) is 22.2 Å². The molecule has 7 heteroatoms. The van der Waals surface area contributed by atoms with E-state index < -0.39 is 15.8 Å². The van der Waals surface area contributed by atoms with Crippen molar-refractivity contribution < 1.29 is 18.3 Å². The van der Waals surface area contributed by atoms with Crippen molar-refractivity contribution in [2.45, 2.75) is 19.2 Å². The van der Waals surface area contributed by atoms with Crippen LogP contribution in [0, 0.1) is 6.92 Å². The van der Waals surface area contributed by atoms with Gasteiger partial charge in [0.05, 0.1) is 22.7 Å². The second-order valence-electron chi connectivity index (χ2n) is 7.53. The average molecular weight is 435 g/mol. The third-order valence-electron chi connectivity index (χ3n) is 5.20. The Bertz CT molecular complexity index is 1360. The Morgan fingerprint density at radius 1 is 1.03 bits per heavy atom. The summed E-state index contributed by atoms with van der Waals surface area (Å²) in [6.07, 6.45) is 1.63. The smallest absolute Gasteiger partial charge is 0.352 e. The molecule has 0 aliphatic rings. The molecule has 0 amide bonds. The number of aromatic carboxylic acids is 1. The molecule has 2 aromatic heterocycles. The summed E-state index contributed by atoms with van der Waals surface area (Å²) in [6, 6.07) is 20.1. The van der Waals surface area contributed by atoms with E-state index in [1.807, 2.05) is 37.3 Å². The van der Waals surface area contributed by atoms with Crippen molar-refractivity contribution in [2.75, 3.05) is 5.75 Å². The molecular formula is C24H22N2O4S. The van der Waals surface area contributed by atoms with Gasteiger partial charge in [0.1, 0.15) is 5.69 Å². The Morgan fingerprint density at radius 2 is 1.81 bits per heavy atom. The highest BCUT2D eigenvalue weighted by Crippen LogP contribution is 2.30. The predicted octanol–water partition coefficient (Wildman–Crippen LogP) is 4.32. The highest BCUT2D eigenvalue weighted by atomic mass is 32.2. The monoisotopic (exact) mass is 434 g/mol. The van der Waals surface area contributed by atoms with E-state index in [-0.39, 0.29) is 23.7 Å². The molecule has 0 bridgehead atoms. The zero-order chi connectivity index (χ0) is 22.0. The molecule has 0 saturated carbocycles. The summed E-state index contributed by atoms with van der Waals surface area (Å²) >= 11 is 0. The fourth-order valence-corrected chi connectivity index (χ4v) is 5.06. The fourth-order valence-electron chi connectivity index (χ4n) is 3.76. The number of pyridine rings is 1. The number of nitrogens with zero attached hydrogens (tertiary/aromatic N) is 2. The zero-order valence-electron chi connectivity index (χ0n) is 17.0. The Balaban J connectivity index is 1.71. The molecule has 0 spiro atoms. The van der Waals surface area contributed by atoms with Gasteiger partial charge in [-0.1, -0.05) is 54.1 Å². The van der Waals surface area contributed by atoms with Gasteiger partial charge in [0.2, 0.25) is 0 Å². The number of sulfone groups is 1. The quantitative estimate of drug-likeness (QED) is 0.468. The van der Waals surface area contributed by atoms with E-state index in [2.05, 4.69) is 4.98 Å². The maximum atomic E-state index is 12.7. The number of rotatable bonds is 7. The Kier molecular flexibility index (Phi) is 5.61. The molecule has 1 N–H and O–H groups in total. The fraction of sp³-hybridized carbons (Fsp3) is 0.167. The molecule has 31 heavy (non-hydrogen) atoms. The SMILES string of the molecule is Cc1cccc(-c2nccc3c2cc(C(=O)O)n3CCS(=O)(=O)Cc2ccccc2)c1. The minimum Gasteiger partial charge on any atom is -0.477 e. The number of carbonyl (C=O) groups is 1. The van der Waals surface area contributed by atoms with E-state index in [1.54, 1.807) is 47.2 Å². The van der Waals surface area contributed by atoms with Crippen molar-refractivity contribution in [1.82, 2.24) is 9.55 Å². The number of carboxylic acid groups (broad SMARTS) is 1. The van der Waals surface area contributed by atoms with Gasteiger partial charge >= 0.3 is 5.97 Å². The van der Waals surface area contributed by atoms with Gasteiger partial charge in [-0.3, -0.25) is 4.98 Å². The number of hydrogen-bond acceptors (Lipinski definition) is 4. The van der Waals surface area contributed by atoms with Gasteiger partial charge < -0.3 is 9.67 Å². The van der Waals surface area contributed by atoms with Crippen LogP contribution in [-0.4, -0.2) is 34.8 Å². The predicted molar refractivity (Wildman–Crippen MR) is 121 cm³/mol. The van der Waals surface area contributed by atoms with E-state index in [0.29, 0.717) is 22.2 Å². The van der Waals surface area contributed by atoms with Crippen molar-refractivity contribution in [3.63, 3.8) is 0 Å². The van der Waals surface area contributed by atoms with E-state index in [4.69, 9.17) is 0 Å². The lowest BCUT2D eigenvalue weighted by Gasteiger charge is -2.10. The molecule has 0 aliphatic heterocycles. The lowest BCUT2D eigenvalue weighted by atomic mass is 10.1. The number of aryl methyl sites for hydroxylation is 2. The molecule has 4 aromatic rings. The summed E-state index contributed by atoms with van der Waals surface area (Å²) in [7, 11) is -3.42. The molecule has 0 aliphatic carbocycles. The van der Waals surface area contributed by atoms with Gasteiger partial charge in [0.25, 0.3) is 0 Å². The van der Waals surface area contributed by atoms with Gasteiger partial charge in [-0.15, -0.1) is 0 Å². The zero-order valence-corrected chi connectivity index (χ0v) is 17.8. The summed E-state index contributed by atoms with van der Waals surface area (Å²) in [5.74, 6) is -1.34. The van der Waals surface area contributed by atoms with Crippen LogP contribution < -0.4 is 0 Å². The van der Waals surface area contributed by atoms with Crippen LogP contribution in [0.5, 0.6) is 0 Å². The maximum absolute atomic E-state index is 12.7. The Morgan fingerprint density at radius 3 is 2.52 bits per heavy atom. The number of benzene rings is 2. The first-order valence-electron chi connectivity index (χ1n) is 9.87. The van der Waals surface area contributed by atoms with Crippen LogP contribution in [0.1, 0.15) is 21.6 Å². The van der Waals surface area contributed by atoms with Gasteiger partial charge in [0, 0.05) is 23.7 Å². The lowest BCUT2D eigenvalue weighted by molar-refractivity contribution is 0.0686. The van der Waals surface area contributed by atoms with E-state index in [1.165, 1.54) is 0 Å². The second kappa shape index (κ2) is 8.35. The number of hydrogen-bond donors (Lipinski definition) is 1. The summed E-state index contributed by atoms with van der Waals surface area (Å²) in [5, 5.41) is 10.4. The number of fused-ring (bicyclic) bond motifs is 1. The molecule has 2 aromatic carbocycles. The van der Waals surface area contributed by atoms with Crippen molar-refractivity contribution >= 4 is 26.7 Å². The summed E-state index contributed by atoms with van der Waals surface area (Å²) in [6.45, 7) is 2.03. The van der Waals surface area contributed by atoms with E-state index in [9.17, 15) is 18.3 Å². The van der Waals surface area contributed by atoms with Crippen LogP contribution in [-0.2, 0) is 22.1 Å². The summed E-state index contributed by atoms with van der Waals surface area (Å²) in [5.41, 5.74) is 4.04. The molecule has 0 fully saturated rings. The third kappa shape index (κ3) is 4.51. The van der Waals surface area contributed by atoms with Crippen LogP contribution >= 0.6 is 0 Å². The minimum atomic E-state index is -3.42. The van der Waals surface area contributed by atoms with Crippen molar-refractivity contribution in [3.05, 3.63) is 89.7 Å². The van der Waals surface area contributed by atoms with Crippen LogP contribution in [0.4, 0.5) is 0 Å². The number of carboxylic acids is 1. The largest absolute Gasteiger partial charge is 0.477 e. The molecule has 0 radical (unpaired) electrons. The van der Waals surface area contributed by atoms with Gasteiger partial charge in [0.15, 0.2) is 9.84 Å². The Labute approximate surface area is 180 Å². The van der Waals surface area contributed by atoms with Crippen molar-refractivity contribution in [3.8, 4) is 11.3 Å². The summed E-state index contributed by atoms with van der Waals surface area (Å²) < 4.78 is 26.9. The second-order valence-corrected chi connectivity index (χ2v) is 9.71. The minimum absolute atomic E-state index is 0.0480. The van der Waals surface area contributed by atoms with Crippen LogP contribution in [0.2, 0.25) is 0 Å². The van der Waals surface area contributed by atoms with Gasteiger partial charge in [-0.2, -0.15) is 0 Å². The molecule has 6 nitrogen and oxygen atoms in total. The Hall–Kier alpha value is -3.45. The first-order valence-corrected chi connectivity index (χ1v) is 11.7. The average Bonchev–Trinajstić information content (AvgIpc) is 3.12. The first kappa shape index (κ1) is 20.8. The molecule has 158 valence electrons. The summed E-state index contributed by atoms with van der Waals surface area (Å²) in [4.78, 5) is 16.4. The van der Waals surface area contributed by atoms with Gasteiger partial charge in [-0.25, -0.2) is 13.2 Å². The molecule has 0 atom stereocenters. The lowest BCUT2D eigenvalue weighted by Crippen LogP contribution is -2.17. The van der Waals surface area contributed by atoms with Crippen LogP contribution in [0.3, 0.4) is 0 Å².